The molecule has 1 aliphatic heterocycles. The van der Waals surface area contributed by atoms with Crippen molar-refractivity contribution in [1.82, 2.24) is 9.21 Å². The molecule has 0 N–H and O–H groups in total. The molecule has 1 aromatic carbocycles. The first kappa shape index (κ1) is 18.9. The van der Waals surface area contributed by atoms with Crippen molar-refractivity contribution in [1.29, 1.82) is 0 Å². The predicted molar refractivity (Wildman–Crippen MR) is 92.5 cm³/mol. The average molecular weight is 354 g/mol. The quantitative estimate of drug-likeness (QED) is 0.811. The predicted octanol–water partition coefficient (Wildman–Crippen LogP) is 1.97. The molecule has 6 nitrogen and oxygen atoms in total. The van der Waals surface area contributed by atoms with Crippen LogP contribution in [0.2, 0.25) is 0 Å². The maximum Gasteiger partial charge on any atom is 0.254 e. The molecular weight excluding hydrogens is 328 g/mol. The Morgan fingerprint density at radius 1 is 1.21 bits per heavy atom. The van der Waals surface area contributed by atoms with Gasteiger partial charge in [0.2, 0.25) is 10.0 Å². The summed E-state index contributed by atoms with van der Waals surface area (Å²) in [5.74, 6) is -0.0931. The third-order valence-corrected chi connectivity index (χ3v) is 6.38. The van der Waals surface area contributed by atoms with Crippen LogP contribution in [0.1, 0.15) is 38.1 Å². The van der Waals surface area contributed by atoms with Gasteiger partial charge in [-0.2, -0.15) is 4.31 Å². The highest BCUT2D eigenvalue weighted by molar-refractivity contribution is 7.89. The fraction of sp³-hybridized carbons (Fsp3) is 0.588. The van der Waals surface area contributed by atoms with E-state index >= 15 is 0 Å². The SMILES string of the molecule is CCN(CC)S(=O)(=O)c1ccc(C(=O)N2CC(C)OCC2C)cc1. The standard InChI is InChI=1S/C17H26N2O4S/c1-5-18(6-2)24(21,22)16-9-7-15(8-10-16)17(20)19-11-14(4)23-12-13(19)3/h7-10,13-14H,5-6,11-12H2,1-4H3. The number of carbonyl (C=O) groups excluding carboxylic acids is 1. The van der Waals surface area contributed by atoms with E-state index in [-0.39, 0.29) is 22.9 Å². The zero-order chi connectivity index (χ0) is 17.9. The molecule has 1 fully saturated rings. The number of hydrogen-bond acceptors (Lipinski definition) is 4. The summed E-state index contributed by atoms with van der Waals surface area (Å²) in [4.78, 5) is 14.7. The second-order valence-corrected chi connectivity index (χ2v) is 8.00. The first-order valence-corrected chi connectivity index (χ1v) is 9.78. The Morgan fingerprint density at radius 2 is 1.79 bits per heavy atom. The zero-order valence-electron chi connectivity index (χ0n) is 14.7. The van der Waals surface area contributed by atoms with Gasteiger partial charge < -0.3 is 9.64 Å². The Kier molecular flexibility index (Phi) is 6.01. The maximum absolute atomic E-state index is 12.7. The highest BCUT2D eigenvalue weighted by Gasteiger charge is 2.28. The summed E-state index contributed by atoms with van der Waals surface area (Å²) in [6.07, 6.45) is 0.00691. The number of nitrogens with zero attached hydrogens (tertiary/aromatic N) is 2. The molecule has 0 aliphatic carbocycles. The number of amides is 1. The van der Waals surface area contributed by atoms with Gasteiger partial charge in [-0.05, 0) is 38.1 Å². The lowest BCUT2D eigenvalue weighted by molar-refractivity contribution is -0.0387. The summed E-state index contributed by atoms with van der Waals surface area (Å²) in [7, 11) is -3.50. The molecule has 1 amide bonds. The van der Waals surface area contributed by atoms with E-state index in [0.717, 1.165) is 0 Å². The number of rotatable bonds is 5. The van der Waals surface area contributed by atoms with E-state index in [9.17, 15) is 13.2 Å². The van der Waals surface area contributed by atoms with Gasteiger partial charge in [-0.15, -0.1) is 0 Å². The number of ether oxygens (including phenoxy) is 1. The molecule has 1 saturated heterocycles. The van der Waals surface area contributed by atoms with E-state index < -0.39 is 10.0 Å². The van der Waals surface area contributed by atoms with Gasteiger partial charge in [0.05, 0.1) is 23.6 Å². The first-order valence-electron chi connectivity index (χ1n) is 8.34. The summed E-state index contributed by atoms with van der Waals surface area (Å²) < 4.78 is 31.9. The molecule has 2 atom stereocenters. The van der Waals surface area contributed by atoms with Crippen LogP contribution in [0.3, 0.4) is 0 Å². The van der Waals surface area contributed by atoms with Crippen molar-refractivity contribution in [3.05, 3.63) is 29.8 Å². The Balaban J connectivity index is 2.21. The van der Waals surface area contributed by atoms with Crippen LogP contribution in [-0.4, -0.2) is 61.9 Å². The number of sulfonamides is 1. The van der Waals surface area contributed by atoms with Crippen molar-refractivity contribution in [2.75, 3.05) is 26.2 Å². The lowest BCUT2D eigenvalue weighted by Crippen LogP contribution is -2.50. The second kappa shape index (κ2) is 7.63. The monoisotopic (exact) mass is 354 g/mol. The maximum atomic E-state index is 12.7. The highest BCUT2D eigenvalue weighted by Crippen LogP contribution is 2.19. The third kappa shape index (κ3) is 3.79. The Morgan fingerprint density at radius 3 is 2.33 bits per heavy atom. The van der Waals surface area contributed by atoms with Crippen LogP contribution in [0.5, 0.6) is 0 Å². The van der Waals surface area contributed by atoms with Gasteiger partial charge in [0.25, 0.3) is 5.91 Å². The van der Waals surface area contributed by atoms with Gasteiger partial charge >= 0.3 is 0 Å². The number of benzene rings is 1. The summed E-state index contributed by atoms with van der Waals surface area (Å²) in [5, 5.41) is 0. The molecule has 0 bridgehead atoms. The van der Waals surface area contributed by atoms with Crippen LogP contribution in [-0.2, 0) is 14.8 Å². The van der Waals surface area contributed by atoms with E-state index in [4.69, 9.17) is 4.74 Å². The molecule has 0 spiro atoms. The average Bonchev–Trinajstić information content (AvgIpc) is 2.57. The van der Waals surface area contributed by atoms with Crippen molar-refractivity contribution in [2.45, 2.75) is 44.7 Å². The normalized spacial score (nSPS) is 22.0. The van der Waals surface area contributed by atoms with Gasteiger partial charge in [0.1, 0.15) is 0 Å². The van der Waals surface area contributed by atoms with Crippen LogP contribution < -0.4 is 0 Å². The van der Waals surface area contributed by atoms with E-state index in [2.05, 4.69) is 0 Å². The largest absolute Gasteiger partial charge is 0.375 e. The van der Waals surface area contributed by atoms with Gasteiger partial charge in [0, 0.05) is 25.2 Å². The van der Waals surface area contributed by atoms with Gasteiger partial charge in [-0.1, -0.05) is 13.8 Å². The first-order chi connectivity index (χ1) is 11.3. The summed E-state index contributed by atoms with van der Waals surface area (Å²) in [6, 6.07) is 6.20. The molecule has 134 valence electrons. The molecule has 0 aromatic heterocycles. The summed E-state index contributed by atoms with van der Waals surface area (Å²) in [6.45, 7) is 9.39. The van der Waals surface area contributed by atoms with Crippen molar-refractivity contribution in [3.63, 3.8) is 0 Å². The van der Waals surface area contributed by atoms with Crippen molar-refractivity contribution >= 4 is 15.9 Å². The van der Waals surface area contributed by atoms with Crippen LogP contribution >= 0.6 is 0 Å². The van der Waals surface area contributed by atoms with Crippen LogP contribution in [0.4, 0.5) is 0 Å². The second-order valence-electron chi connectivity index (χ2n) is 6.06. The molecule has 24 heavy (non-hydrogen) atoms. The Labute approximate surface area is 144 Å². The van der Waals surface area contributed by atoms with Crippen molar-refractivity contribution < 1.29 is 17.9 Å². The smallest absolute Gasteiger partial charge is 0.254 e. The molecule has 1 heterocycles. The van der Waals surface area contributed by atoms with Crippen molar-refractivity contribution in [2.24, 2.45) is 0 Å². The summed E-state index contributed by atoms with van der Waals surface area (Å²) in [5.41, 5.74) is 0.495. The minimum Gasteiger partial charge on any atom is -0.375 e. The lowest BCUT2D eigenvalue weighted by atomic mass is 10.1. The molecule has 1 aromatic rings. The number of hydrogen-bond donors (Lipinski definition) is 0. The molecule has 7 heteroatoms. The Bertz CT molecular complexity index is 668. The number of carbonyl (C=O) groups is 1. The minimum absolute atomic E-state index is 0.00691. The van der Waals surface area contributed by atoms with Crippen LogP contribution in [0.15, 0.2) is 29.2 Å². The topological polar surface area (TPSA) is 66.9 Å². The summed E-state index contributed by atoms with van der Waals surface area (Å²) >= 11 is 0. The van der Waals surface area contributed by atoms with Crippen LogP contribution in [0.25, 0.3) is 0 Å². The van der Waals surface area contributed by atoms with Gasteiger partial charge in [0.15, 0.2) is 0 Å². The van der Waals surface area contributed by atoms with Gasteiger partial charge in [-0.25, -0.2) is 8.42 Å². The fourth-order valence-electron chi connectivity index (χ4n) is 2.83. The lowest BCUT2D eigenvalue weighted by Gasteiger charge is -2.36. The molecule has 2 rings (SSSR count). The van der Waals surface area contributed by atoms with E-state index in [1.807, 2.05) is 13.8 Å². The molecule has 0 radical (unpaired) electrons. The van der Waals surface area contributed by atoms with Crippen molar-refractivity contribution in [3.8, 4) is 0 Å². The molecule has 2 unspecified atom stereocenters. The van der Waals surface area contributed by atoms with E-state index in [0.29, 0.717) is 31.8 Å². The number of morpholine rings is 1. The van der Waals surface area contributed by atoms with Crippen LogP contribution in [0, 0.1) is 0 Å². The Hall–Kier alpha value is -1.44. The molecular formula is C17H26N2O4S. The minimum atomic E-state index is -3.50. The molecule has 0 saturated carbocycles. The van der Waals surface area contributed by atoms with E-state index in [1.165, 1.54) is 16.4 Å². The van der Waals surface area contributed by atoms with Gasteiger partial charge in [-0.3, -0.25) is 4.79 Å². The third-order valence-electron chi connectivity index (χ3n) is 4.31. The van der Waals surface area contributed by atoms with E-state index in [1.54, 1.807) is 30.9 Å². The zero-order valence-corrected chi connectivity index (χ0v) is 15.5. The molecule has 1 aliphatic rings. The highest BCUT2D eigenvalue weighted by atomic mass is 32.2. The fourth-order valence-corrected chi connectivity index (χ4v) is 4.29.